The summed E-state index contributed by atoms with van der Waals surface area (Å²) in [6.45, 7) is 2.38. The van der Waals surface area contributed by atoms with E-state index in [2.05, 4.69) is 4.90 Å². The lowest BCUT2D eigenvalue weighted by Gasteiger charge is -2.33. The average Bonchev–Trinajstić information content (AvgIpc) is 2.65. The summed E-state index contributed by atoms with van der Waals surface area (Å²) in [5.41, 5.74) is 6.91. The first-order valence-electron chi connectivity index (χ1n) is 9.30. The lowest BCUT2D eigenvalue weighted by Crippen LogP contribution is -2.38. The Bertz CT molecular complexity index is 781. The van der Waals surface area contributed by atoms with Crippen LogP contribution in [-0.2, 0) is 6.42 Å². The molecule has 0 aromatic heterocycles. The second-order valence-electron chi connectivity index (χ2n) is 7.27. The number of hydrogen-bond donors (Lipinski definition) is 1. The van der Waals surface area contributed by atoms with Gasteiger partial charge in [0.2, 0.25) is 0 Å². The van der Waals surface area contributed by atoms with Crippen molar-refractivity contribution in [2.24, 2.45) is 5.73 Å². The molecule has 0 saturated carbocycles. The van der Waals surface area contributed by atoms with Gasteiger partial charge in [0.15, 0.2) is 11.6 Å². The molecule has 1 heterocycles. The molecule has 1 aliphatic heterocycles. The van der Waals surface area contributed by atoms with E-state index in [0.29, 0.717) is 19.0 Å². The van der Waals surface area contributed by atoms with Crippen LogP contribution in [0.15, 0.2) is 36.4 Å². The van der Waals surface area contributed by atoms with Gasteiger partial charge in [-0.3, -0.25) is 0 Å². The van der Waals surface area contributed by atoms with E-state index in [9.17, 15) is 17.6 Å². The van der Waals surface area contributed by atoms with Crippen molar-refractivity contribution in [2.75, 3.05) is 19.6 Å². The van der Waals surface area contributed by atoms with Crippen LogP contribution in [0, 0.1) is 23.3 Å². The third kappa shape index (κ3) is 5.08. The predicted octanol–water partition coefficient (Wildman–Crippen LogP) is 4.38. The molecule has 1 fully saturated rings. The Balaban J connectivity index is 1.53. The molecule has 1 unspecified atom stereocenters. The summed E-state index contributed by atoms with van der Waals surface area (Å²) >= 11 is 0. The SMILES string of the molecule is N[C@@H](CCN1CCCC(c2ccccc2F)C1)Cc1cc(F)c(F)cc1F. The van der Waals surface area contributed by atoms with Crippen molar-refractivity contribution in [3.05, 3.63) is 70.8 Å². The largest absolute Gasteiger partial charge is 0.327 e. The molecule has 2 nitrogen and oxygen atoms in total. The molecule has 6 heteroatoms. The first kappa shape index (κ1) is 19.8. The van der Waals surface area contributed by atoms with E-state index in [4.69, 9.17) is 5.73 Å². The lowest BCUT2D eigenvalue weighted by atomic mass is 9.90. The van der Waals surface area contributed by atoms with Crippen LogP contribution in [0.25, 0.3) is 0 Å². The molecule has 146 valence electrons. The maximum Gasteiger partial charge on any atom is 0.161 e. The maximum atomic E-state index is 14.0. The van der Waals surface area contributed by atoms with E-state index in [1.807, 2.05) is 12.1 Å². The van der Waals surface area contributed by atoms with Gasteiger partial charge in [0, 0.05) is 18.7 Å². The fraction of sp³-hybridized carbons (Fsp3) is 0.429. The highest BCUT2D eigenvalue weighted by Gasteiger charge is 2.23. The van der Waals surface area contributed by atoms with Crippen LogP contribution in [0.3, 0.4) is 0 Å². The molecule has 2 atom stereocenters. The fourth-order valence-corrected chi connectivity index (χ4v) is 3.77. The number of halogens is 4. The van der Waals surface area contributed by atoms with Gasteiger partial charge in [0.1, 0.15) is 11.6 Å². The van der Waals surface area contributed by atoms with Crippen molar-refractivity contribution in [3.63, 3.8) is 0 Å². The van der Waals surface area contributed by atoms with Crippen molar-refractivity contribution in [3.8, 4) is 0 Å². The Hall–Kier alpha value is -1.92. The summed E-state index contributed by atoms with van der Waals surface area (Å²) in [5.74, 6) is -3.06. The number of hydrogen-bond acceptors (Lipinski definition) is 2. The fourth-order valence-electron chi connectivity index (χ4n) is 3.77. The summed E-state index contributed by atoms with van der Waals surface area (Å²) in [4.78, 5) is 2.24. The van der Waals surface area contributed by atoms with Crippen LogP contribution in [-0.4, -0.2) is 30.6 Å². The van der Waals surface area contributed by atoms with Crippen LogP contribution in [0.1, 0.15) is 36.3 Å². The molecule has 1 saturated heterocycles. The Labute approximate surface area is 157 Å². The summed E-state index contributed by atoms with van der Waals surface area (Å²) < 4.78 is 54.1. The van der Waals surface area contributed by atoms with E-state index in [0.717, 1.165) is 37.6 Å². The lowest BCUT2D eigenvalue weighted by molar-refractivity contribution is 0.199. The zero-order chi connectivity index (χ0) is 19.4. The highest BCUT2D eigenvalue weighted by atomic mass is 19.2. The molecule has 3 rings (SSSR count). The second kappa shape index (κ2) is 8.85. The van der Waals surface area contributed by atoms with Crippen molar-refractivity contribution in [1.29, 1.82) is 0 Å². The number of likely N-dealkylation sites (tertiary alicyclic amines) is 1. The monoisotopic (exact) mass is 380 g/mol. The highest BCUT2D eigenvalue weighted by molar-refractivity contribution is 5.23. The van der Waals surface area contributed by atoms with Gasteiger partial charge >= 0.3 is 0 Å². The van der Waals surface area contributed by atoms with Crippen LogP contribution in [0.5, 0.6) is 0 Å². The standard InChI is InChI=1S/C21H24F4N2/c22-18-6-2-1-5-17(18)14-4-3-8-27(13-14)9-7-16(26)10-15-11-20(24)21(25)12-19(15)23/h1-2,5-6,11-12,14,16H,3-4,7-10,13,26H2/t14?,16-/m0/s1. The summed E-state index contributed by atoms with van der Waals surface area (Å²) in [6.07, 6.45) is 2.67. The van der Waals surface area contributed by atoms with Crippen LogP contribution < -0.4 is 5.73 Å². The van der Waals surface area contributed by atoms with Gasteiger partial charge in [-0.15, -0.1) is 0 Å². The smallest absolute Gasteiger partial charge is 0.161 e. The van der Waals surface area contributed by atoms with E-state index < -0.39 is 17.5 Å². The number of nitrogens with two attached hydrogens (primary N) is 1. The molecule has 0 spiro atoms. The molecule has 0 aliphatic carbocycles. The minimum Gasteiger partial charge on any atom is -0.327 e. The Morgan fingerprint density at radius 1 is 1.00 bits per heavy atom. The van der Waals surface area contributed by atoms with Gasteiger partial charge in [-0.05, 0) is 68.0 Å². The Morgan fingerprint density at radius 3 is 2.52 bits per heavy atom. The van der Waals surface area contributed by atoms with E-state index in [-0.39, 0.29) is 29.8 Å². The number of nitrogens with zero attached hydrogens (tertiary/aromatic N) is 1. The topological polar surface area (TPSA) is 29.3 Å². The molecule has 1 aliphatic rings. The number of piperidine rings is 1. The van der Waals surface area contributed by atoms with Gasteiger partial charge in [-0.2, -0.15) is 0 Å². The van der Waals surface area contributed by atoms with Gasteiger partial charge in [0.25, 0.3) is 0 Å². The van der Waals surface area contributed by atoms with Gasteiger partial charge in [0.05, 0.1) is 0 Å². The van der Waals surface area contributed by atoms with Crippen LogP contribution in [0.4, 0.5) is 17.6 Å². The van der Waals surface area contributed by atoms with Crippen molar-refractivity contribution < 1.29 is 17.6 Å². The molecule has 0 radical (unpaired) electrons. The zero-order valence-corrected chi connectivity index (χ0v) is 15.1. The van der Waals surface area contributed by atoms with E-state index in [1.165, 1.54) is 6.07 Å². The van der Waals surface area contributed by atoms with E-state index >= 15 is 0 Å². The molecule has 27 heavy (non-hydrogen) atoms. The summed E-state index contributed by atoms with van der Waals surface area (Å²) in [6, 6.07) is 7.93. The summed E-state index contributed by atoms with van der Waals surface area (Å²) in [5, 5.41) is 0. The third-order valence-corrected chi connectivity index (χ3v) is 5.24. The minimum absolute atomic E-state index is 0.0873. The van der Waals surface area contributed by atoms with Crippen molar-refractivity contribution in [2.45, 2.75) is 37.6 Å². The molecule has 0 amide bonds. The minimum atomic E-state index is -1.20. The number of rotatable bonds is 6. The predicted molar refractivity (Wildman–Crippen MR) is 97.4 cm³/mol. The average molecular weight is 380 g/mol. The first-order valence-corrected chi connectivity index (χ1v) is 9.30. The van der Waals surface area contributed by atoms with Crippen molar-refractivity contribution in [1.82, 2.24) is 4.90 Å². The Morgan fingerprint density at radius 2 is 1.74 bits per heavy atom. The van der Waals surface area contributed by atoms with Gasteiger partial charge in [-0.1, -0.05) is 18.2 Å². The Kier molecular flexibility index (Phi) is 6.50. The van der Waals surface area contributed by atoms with E-state index in [1.54, 1.807) is 6.07 Å². The molecule has 0 bridgehead atoms. The van der Waals surface area contributed by atoms with Gasteiger partial charge < -0.3 is 10.6 Å². The summed E-state index contributed by atoms with van der Waals surface area (Å²) in [7, 11) is 0. The number of benzene rings is 2. The van der Waals surface area contributed by atoms with Crippen molar-refractivity contribution >= 4 is 0 Å². The highest BCUT2D eigenvalue weighted by Crippen LogP contribution is 2.28. The molecular weight excluding hydrogens is 356 g/mol. The normalized spacial score (nSPS) is 19.2. The molecule has 2 aromatic carbocycles. The zero-order valence-electron chi connectivity index (χ0n) is 15.1. The van der Waals surface area contributed by atoms with Crippen LogP contribution >= 0.6 is 0 Å². The third-order valence-electron chi connectivity index (χ3n) is 5.24. The van der Waals surface area contributed by atoms with Gasteiger partial charge in [-0.25, -0.2) is 17.6 Å². The molecule has 2 N–H and O–H groups in total. The van der Waals surface area contributed by atoms with Crippen LogP contribution in [0.2, 0.25) is 0 Å². The maximum absolute atomic E-state index is 14.0. The quantitative estimate of drug-likeness (QED) is 0.595. The molecular formula is C21H24F4N2. The second-order valence-corrected chi connectivity index (χ2v) is 7.27. The first-order chi connectivity index (χ1) is 12.9. The molecule has 2 aromatic rings.